The summed E-state index contributed by atoms with van der Waals surface area (Å²) in [6.45, 7) is 1.68. The summed E-state index contributed by atoms with van der Waals surface area (Å²) in [5.74, 6) is 0.879. The van der Waals surface area contributed by atoms with E-state index in [1.807, 2.05) is 6.33 Å². The maximum atomic E-state index is 5.69. The fraction of sp³-hybridized carbons (Fsp3) is 0.417. The van der Waals surface area contributed by atoms with Gasteiger partial charge < -0.3 is 10.3 Å². The monoisotopic (exact) mass is 201 g/mol. The molecular formula is C12H15N3. The van der Waals surface area contributed by atoms with Gasteiger partial charge in [-0.2, -0.15) is 0 Å². The molecule has 1 fully saturated rings. The van der Waals surface area contributed by atoms with Crippen molar-refractivity contribution in [2.45, 2.75) is 25.9 Å². The van der Waals surface area contributed by atoms with Crippen LogP contribution < -0.4 is 5.73 Å². The Hall–Kier alpha value is -1.35. The van der Waals surface area contributed by atoms with Crippen LogP contribution in [-0.2, 0) is 13.1 Å². The first-order chi connectivity index (χ1) is 7.38. The van der Waals surface area contributed by atoms with Crippen molar-refractivity contribution in [3.63, 3.8) is 0 Å². The summed E-state index contributed by atoms with van der Waals surface area (Å²) < 4.78 is 2.26. The summed E-state index contributed by atoms with van der Waals surface area (Å²) in [6, 6.07) is 6.25. The Labute approximate surface area is 88.9 Å². The van der Waals surface area contributed by atoms with E-state index >= 15 is 0 Å². The summed E-state index contributed by atoms with van der Waals surface area (Å²) in [5, 5.41) is 0. The molecule has 1 aromatic heterocycles. The van der Waals surface area contributed by atoms with Gasteiger partial charge in [0.25, 0.3) is 0 Å². The summed E-state index contributed by atoms with van der Waals surface area (Å²) in [5.41, 5.74) is 9.13. The Kier molecular flexibility index (Phi) is 1.99. The smallest absolute Gasteiger partial charge is 0.0958 e. The lowest BCUT2D eigenvalue weighted by Gasteiger charge is -2.03. The highest BCUT2D eigenvalue weighted by molar-refractivity contribution is 5.78. The lowest BCUT2D eigenvalue weighted by Crippen LogP contribution is -1.99. The average Bonchev–Trinajstić information content (AvgIpc) is 2.99. The van der Waals surface area contributed by atoms with E-state index in [-0.39, 0.29) is 0 Å². The highest BCUT2D eigenvalue weighted by Crippen LogP contribution is 2.31. The van der Waals surface area contributed by atoms with Gasteiger partial charge in [-0.1, -0.05) is 12.1 Å². The molecule has 1 aliphatic carbocycles. The Bertz CT molecular complexity index is 483. The molecule has 1 aromatic carbocycles. The van der Waals surface area contributed by atoms with E-state index in [1.54, 1.807) is 0 Å². The van der Waals surface area contributed by atoms with Gasteiger partial charge in [0.15, 0.2) is 0 Å². The van der Waals surface area contributed by atoms with Gasteiger partial charge in [-0.15, -0.1) is 0 Å². The zero-order chi connectivity index (χ0) is 10.3. The van der Waals surface area contributed by atoms with Crippen LogP contribution in [0.25, 0.3) is 11.0 Å². The predicted molar refractivity (Wildman–Crippen MR) is 60.3 cm³/mol. The lowest BCUT2D eigenvalue weighted by molar-refractivity contribution is 0.642. The largest absolute Gasteiger partial charge is 0.330 e. The van der Waals surface area contributed by atoms with Gasteiger partial charge in [0, 0.05) is 13.1 Å². The molecule has 0 radical (unpaired) electrons. The molecule has 3 heteroatoms. The first kappa shape index (κ1) is 8.92. The van der Waals surface area contributed by atoms with Gasteiger partial charge >= 0.3 is 0 Å². The van der Waals surface area contributed by atoms with E-state index in [0.29, 0.717) is 6.54 Å². The van der Waals surface area contributed by atoms with Crippen LogP contribution >= 0.6 is 0 Å². The van der Waals surface area contributed by atoms with E-state index in [0.717, 1.165) is 23.5 Å². The number of hydrogen-bond acceptors (Lipinski definition) is 2. The summed E-state index contributed by atoms with van der Waals surface area (Å²) in [4.78, 5) is 4.45. The molecule has 1 aliphatic rings. The number of rotatable bonds is 3. The number of para-hydroxylation sites is 1. The molecule has 1 saturated carbocycles. The molecule has 0 amide bonds. The van der Waals surface area contributed by atoms with Crippen molar-refractivity contribution >= 4 is 11.0 Å². The Morgan fingerprint density at radius 2 is 2.27 bits per heavy atom. The lowest BCUT2D eigenvalue weighted by atomic mass is 10.2. The third-order valence-corrected chi connectivity index (χ3v) is 3.11. The Morgan fingerprint density at radius 1 is 1.40 bits per heavy atom. The maximum absolute atomic E-state index is 5.69. The Morgan fingerprint density at radius 3 is 3.00 bits per heavy atom. The summed E-state index contributed by atoms with van der Waals surface area (Å²) in [7, 11) is 0. The van der Waals surface area contributed by atoms with Gasteiger partial charge in [0.05, 0.1) is 17.4 Å². The Balaban J connectivity index is 2.08. The SMILES string of the molecule is NCc1cccc2c1ncn2CC1CC1. The number of nitrogens with zero attached hydrogens (tertiary/aromatic N) is 2. The van der Waals surface area contributed by atoms with Crippen molar-refractivity contribution in [1.82, 2.24) is 9.55 Å². The fourth-order valence-electron chi connectivity index (χ4n) is 2.04. The number of fused-ring (bicyclic) bond motifs is 1. The molecule has 0 saturated heterocycles. The zero-order valence-electron chi connectivity index (χ0n) is 8.69. The average molecular weight is 201 g/mol. The van der Waals surface area contributed by atoms with Crippen LogP contribution in [0.3, 0.4) is 0 Å². The third-order valence-electron chi connectivity index (χ3n) is 3.11. The van der Waals surface area contributed by atoms with Crippen molar-refractivity contribution in [2.75, 3.05) is 0 Å². The van der Waals surface area contributed by atoms with Crippen molar-refractivity contribution in [3.8, 4) is 0 Å². The van der Waals surface area contributed by atoms with Gasteiger partial charge in [0.2, 0.25) is 0 Å². The summed E-state index contributed by atoms with van der Waals surface area (Å²) >= 11 is 0. The molecular weight excluding hydrogens is 186 g/mol. The van der Waals surface area contributed by atoms with Gasteiger partial charge in [-0.3, -0.25) is 0 Å². The van der Waals surface area contributed by atoms with Crippen LogP contribution in [0.2, 0.25) is 0 Å². The first-order valence-corrected chi connectivity index (χ1v) is 5.51. The van der Waals surface area contributed by atoms with Crippen molar-refractivity contribution in [2.24, 2.45) is 11.7 Å². The highest BCUT2D eigenvalue weighted by Gasteiger charge is 2.22. The van der Waals surface area contributed by atoms with Crippen LogP contribution in [0.5, 0.6) is 0 Å². The zero-order valence-corrected chi connectivity index (χ0v) is 8.69. The molecule has 2 aromatic rings. The molecule has 3 rings (SSSR count). The van der Waals surface area contributed by atoms with Gasteiger partial charge in [0.1, 0.15) is 0 Å². The van der Waals surface area contributed by atoms with Crippen molar-refractivity contribution in [3.05, 3.63) is 30.1 Å². The number of benzene rings is 1. The number of imidazole rings is 1. The molecule has 3 nitrogen and oxygen atoms in total. The van der Waals surface area contributed by atoms with Crippen LogP contribution in [0.1, 0.15) is 18.4 Å². The molecule has 15 heavy (non-hydrogen) atoms. The fourth-order valence-corrected chi connectivity index (χ4v) is 2.04. The highest BCUT2D eigenvalue weighted by atomic mass is 15.0. The molecule has 0 spiro atoms. The van der Waals surface area contributed by atoms with Crippen LogP contribution in [0, 0.1) is 5.92 Å². The molecule has 0 atom stereocenters. The number of nitrogens with two attached hydrogens (primary N) is 1. The second-order valence-corrected chi connectivity index (χ2v) is 4.33. The van der Waals surface area contributed by atoms with E-state index in [2.05, 4.69) is 27.8 Å². The third kappa shape index (κ3) is 1.53. The molecule has 2 N–H and O–H groups in total. The van der Waals surface area contributed by atoms with Crippen LogP contribution in [0.4, 0.5) is 0 Å². The number of hydrogen-bond donors (Lipinski definition) is 1. The minimum atomic E-state index is 0.567. The summed E-state index contributed by atoms with van der Waals surface area (Å²) in [6.07, 6.45) is 4.69. The van der Waals surface area contributed by atoms with E-state index in [4.69, 9.17) is 5.73 Å². The molecule has 0 aliphatic heterocycles. The second kappa shape index (κ2) is 3.35. The maximum Gasteiger partial charge on any atom is 0.0958 e. The van der Waals surface area contributed by atoms with Crippen molar-refractivity contribution < 1.29 is 0 Å². The van der Waals surface area contributed by atoms with Crippen molar-refractivity contribution in [1.29, 1.82) is 0 Å². The molecule has 78 valence electrons. The minimum absolute atomic E-state index is 0.567. The normalized spacial score (nSPS) is 16.1. The van der Waals surface area contributed by atoms with Gasteiger partial charge in [-0.25, -0.2) is 4.98 Å². The molecule has 1 heterocycles. The van der Waals surface area contributed by atoms with Crippen LogP contribution in [-0.4, -0.2) is 9.55 Å². The first-order valence-electron chi connectivity index (χ1n) is 5.51. The van der Waals surface area contributed by atoms with Gasteiger partial charge in [-0.05, 0) is 30.4 Å². The number of aromatic nitrogens is 2. The molecule has 0 unspecified atom stereocenters. The van der Waals surface area contributed by atoms with Crippen LogP contribution in [0.15, 0.2) is 24.5 Å². The molecule has 0 bridgehead atoms. The standard InChI is InChI=1S/C12H15N3/c13-6-10-2-1-3-11-12(10)14-8-15(11)7-9-4-5-9/h1-3,8-9H,4-7,13H2. The van der Waals surface area contributed by atoms with E-state index < -0.39 is 0 Å². The quantitative estimate of drug-likeness (QED) is 0.824. The van der Waals surface area contributed by atoms with E-state index in [9.17, 15) is 0 Å². The topological polar surface area (TPSA) is 43.8 Å². The second-order valence-electron chi connectivity index (χ2n) is 4.33. The minimum Gasteiger partial charge on any atom is -0.330 e. The van der Waals surface area contributed by atoms with E-state index in [1.165, 1.54) is 18.4 Å². The predicted octanol–water partition coefficient (Wildman–Crippen LogP) is 1.91.